The van der Waals surface area contributed by atoms with Crippen LogP contribution in [0.4, 0.5) is 0 Å². The third-order valence-corrected chi connectivity index (χ3v) is 4.35. The first kappa shape index (κ1) is 13.9. The zero-order valence-electron chi connectivity index (χ0n) is 12.6. The molecule has 1 unspecified atom stereocenters. The molecule has 0 amide bonds. The summed E-state index contributed by atoms with van der Waals surface area (Å²) in [6.45, 7) is 6.89. The Hall–Kier alpha value is -2.02. The SMILES string of the molecule is C=C(C)C1CCc2cc(OCc3ccccc3)ccc2C1. The first-order chi connectivity index (χ1) is 10.2. The lowest BCUT2D eigenvalue weighted by atomic mass is 9.81. The van der Waals surface area contributed by atoms with E-state index in [1.807, 2.05) is 18.2 Å². The number of hydrogen-bond donors (Lipinski definition) is 0. The Morgan fingerprint density at radius 3 is 2.71 bits per heavy atom. The van der Waals surface area contributed by atoms with E-state index in [4.69, 9.17) is 4.74 Å². The minimum Gasteiger partial charge on any atom is -0.489 e. The predicted octanol–water partition coefficient (Wildman–Crippen LogP) is 4.95. The molecule has 0 heterocycles. The molecule has 1 heteroatoms. The summed E-state index contributed by atoms with van der Waals surface area (Å²) in [6, 6.07) is 16.8. The molecule has 0 aliphatic heterocycles. The van der Waals surface area contributed by atoms with Crippen LogP contribution in [0, 0.1) is 5.92 Å². The van der Waals surface area contributed by atoms with E-state index < -0.39 is 0 Å². The van der Waals surface area contributed by atoms with Crippen LogP contribution >= 0.6 is 0 Å². The van der Waals surface area contributed by atoms with E-state index in [1.54, 1.807) is 0 Å². The van der Waals surface area contributed by atoms with Crippen LogP contribution in [0.15, 0.2) is 60.7 Å². The van der Waals surface area contributed by atoms with Crippen LogP contribution in [0.2, 0.25) is 0 Å². The fraction of sp³-hybridized carbons (Fsp3) is 0.300. The van der Waals surface area contributed by atoms with Crippen LogP contribution in [0.25, 0.3) is 0 Å². The summed E-state index contributed by atoms with van der Waals surface area (Å²) in [5.74, 6) is 1.62. The molecule has 1 nitrogen and oxygen atoms in total. The molecule has 0 bridgehead atoms. The minimum absolute atomic E-state index is 0.633. The first-order valence-corrected chi connectivity index (χ1v) is 7.66. The molecular weight excluding hydrogens is 256 g/mol. The maximum Gasteiger partial charge on any atom is 0.120 e. The van der Waals surface area contributed by atoms with Crippen LogP contribution < -0.4 is 4.74 Å². The van der Waals surface area contributed by atoms with Crippen LogP contribution in [-0.4, -0.2) is 0 Å². The van der Waals surface area contributed by atoms with Gasteiger partial charge in [0, 0.05) is 0 Å². The fourth-order valence-corrected chi connectivity index (χ4v) is 2.98. The fourth-order valence-electron chi connectivity index (χ4n) is 2.98. The number of fused-ring (bicyclic) bond motifs is 1. The molecule has 0 N–H and O–H groups in total. The Bertz CT molecular complexity index is 628. The Balaban J connectivity index is 1.68. The van der Waals surface area contributed by atoms with Gasteiger partial charge in [-0.05, 0) is 60.9 Å². The van der Waals surface area contributed by atoms with E-state index in [2.05, 4.69) is 43.8 Å². The van der Waals surface area contributed by atoms with E-state index >= 15 is 0 Å². The molecule has 0 spiro atoms. The van der Waals surface area contributed by atoms with Crippen molar-refractivity contribution in [2.75, 3.05) is 0 Å². The smallest absolute Gasteiger partial charge is 0.120 e. The molecule has 3 rings (SSSR count). The van der Waals surface area contributed by atoms with Gasteiger partial charge in [0.1, 0.15) is 12.4 Å². The summed E-state index contributed by atoms with van der Waals surface area (Å²) >= 11 is 0. The normalized spacial score (nSPS) is 17.1. The second-order valence-electron chi connectivity index (χ2n) is 5.99. The average molecular weight is 278 g/mol. The van der Waals surface area contributed by atoms with Gasteiger partial charge in [0.15, 0.2) is 0 Å². The van der Waals surface area contributed by atoms with Gasteiger partial charge in [0.05, 0.1) is 0 Å². The van der Waals surface area contributed by atoms with Crippen molar-refractivity contribution in [2.45, 2.75) is 32.8 Å². The van der Waals surface area contributed by atoms with Crippen molar-refractivity contribution in [1.29, 1.82) is 0 Å². The monoisotopic (exact) mass is 278 g/mol. The van der Waals surface area contributed by atoms with Crippen molar-refractivity contribution < 1.29 is 4.74 Å². The van der Waals surface area contributed by atoms with Crippen molar-refractivity contribution in [3.8, 4) is 5.75 Å². The minimum atomic E-state index is 0.633. The van der Waals surface area contributed by atoms with Gasteiger partial charge in [0.25, 0.3) is 0 Å². The van der Waals surface area contributed by atoms with Crippen LogP contribution in [0.1, 0.15) is 30.0 Å². The molecule has 1 aliphatic rings. The Labute approximate surface area is 127 Å². The number of allylic oxidation sites excluding steroid dienone is 1. The average Bonchev–Trinajstić information content (AvgIpc) is 2.53. The van der Waals surface area contributed by atoms with Gasteiger partial charge in [-0.3, -0.25) is 0 Å². The lowest BCUT2D eigenvalue weighted by molar-refractivity contribution is 0.305. The van der Waals surface area contributed by atoms with E-state index in [-0.39, 0.29) is 0 Å². The van der Waals surface area contributed by atoms with Gasteiger partial charge in [-0.15, -0.1) is 0 Å². The molecule has 2 aromatic rings. The van der Waals surface area contributed by atoms with Crippen molar-refractivity contribution >= 4 is 0 Å². The third-order valence-electron chi connectivity index (χ3n) is 4.35. The zero-order chi connectivity index (χ0) is 14.7. The molecule has 0 fully saturated rings. The van der Waals surface area contributed by atoms with Gasteiger partial charge >= 0.3 is 0 Å². The second-order valence-corrected chi connectivity index (χ2v) is 5.99. The van der Waals surface area contributed by atoms with Crippen molar-refractivity contribution in [1.82, 2.24) is 0 Å². The lowest BCUT2D eigenvalue weighted by Gasteiger charge is -2.25. The number of ether oxygens (including phenoxy) is 1. The van der Waals surface area contributed by atoms with E-state index in [9.17, 15) is 0 Å². The topological polar surface area (TPSA) is 9.23 Å². The molecule has 0 aromatic heterocycles. The first-order valence-electron chi connectivity index (χ1n) is 7.66. The Morgan fingerprint density at radius 2 is 1.95 bits per heavy atom. The standard InChI is InChI=1S/C20H22O/c1-15(2)17-8-9-19-13-20(11-10-18(19)12-17)21-14-16-6-4-3-5-7-16/h3-7,10-11,13,17H,1,8-9,12,14H2,2H3. The summed E-state index contributed by atoms with van der Waals surface area (Å²) in [5, 5.41) is 0. The number of benzene rings is 2. The maximum atomic E-state index is 5.91. The van der Waals surface area contributed by atoms with Gasteiger partial charge in [0.2, 0.25) is 0 Å². The molecule has 2 aromatic carbocycles. The highest BCUT2D eigenvalue weighted by Gasteiger charge is 2.19. The zero-order valence-corrected chi connectivity index (χ0v) is 12.6. The van der Waals surface area contributed by atoms with E-state index in [0.717, 1.165) is 18.6 Å². The van der Waals surface area contributed by atoms with Crippen LogP contribution in [0.3, 0.4) is 0 Å². The molecule has 0 saturated heterocycles. The Kier molecular flexibility index (Phi) is 4.10. The van der Waals surface area contributed by atoms with E-state index in [0.29, 0.717) is 12.5 Å². The molecule has 1 aliphatic carbocycles. The van der Waals surface area contributed by atoms with Gasteiger partial charge < -0.3 is 4.74 Å². The van der Waals surface area contributed by atoms with Crippen LogP contribution in [-0.2, 0) is 19.4 Å². The maximum absolute atomic E-state index is 5.91. The van der Waals surface area contributed by atoms with Gasteiger partial charge in [-0.1, -0.05) is 48.6 Å². The summed E-state index contributed by atoms with van der Waals surface area (Å²) in [7, 11) is 0. The summed E-state index contributed by atoms with van der Waals surface area (Å²) in [5.41, 5.74) is 5.42. The molecular formula is C20H22O. The highest BCUT2D eigenvalue weighted by molar-refractivity contribution is 5.38. The van der Waals surface area contributed by atoms with E-state index in [1.165, 1.54) is 28.7 Å². The third kappa shape index (κ3) is 3.36. The highest BCUT2D eigenvalue weighted by Crippen LogP contribution is 2.31. The van der Waals surface area contributed by atoms with Gasteiger partial charge in [-0.2, -0.15) is 0 Å². The lowest BCUT2D eigenvalue weighted by Crippen LogP contribution is -2.14. The number of rotatable bonds is 4. The van der Waals surface area contributed by atoms with Crippen molar-refractivity contribution in [3.05, 3.63) is 77.4 Å². The van der Waals surface area contributed by atoms with Crippen LogP contribution in [0.5, 0.6) is 5.75 Å². The summed E-state index contributed by atoms with van der Waals surface area (Å²) < 4.78 is 5.91. The molecule has 21 heavy (non-hydrogen) atoms. The molecule has 0 saturated carbocycles. The Morgan fingerprint density at radius 1 is 1.14 bits per heavy atom. The molecule has 1 atom stereocenters. The highest BCUT2D eigenvalue weighted by atomic mass is 16.5. The number of hydrogen-bond acceptors (Lipinski definition) is 1. The summed E-state index contributed by atoms with van der Waals surface area (Å²) in [6.07, 6.45) is 3.48. The quantitative estimate of drug-likeness (QED) is 0.719. The largest absolute Gasteiger partial charge is 0.489 e. The predicted molar refractivity (Wildman–Crippen MR) is 87.5 cm³/mol. The van der Waals surface area contributed by atoms with Gasteiger partial charge in [-0.25, -0.2) is 0 Å². The molecule has 108 valence electrons. The molecule has 0 radical (unpaired) electrons. The van der Waals surface area contributed by atoms with Crippen molar-refractivity contribution in [2.24, 2.45) is 5.92 Å². The summed E-state index contributed by atoms with van der Waals surface area (Å²) in [4.78, 5) is 0. The second kappa shape index (κ2) is 6.17. The van der Waals surface area contributed by atoms with Crippen molar-refractivity contribution in [3.63, 3.8) is 0 Å². The number of aryl methyl sites for hydroxylation is 1.